The number of carbonyl (C=O) groups is 2. The van der Waals surface area contributed by atoms with Crippen LogP contribution in [0.1, 0.15) is 38.5 Å². The molecule has 42 heavy (non-hydrogen) atoms. The second-order valence-electron chi connectivity index (χ2n) is 11.1. The Morgan fingerprint density at radius 1 is 0.952 bits per heavy atom. The first-order valence-electron chi connectivity index (χ1n) is 14.2. The Bertz CT molecular complexity index is 1930. The topological polar surface area (TPSA) is 118 Å². The molecule has 10 nitrogen and oxygen atoms in total. The molecule has 2 aliphatic heterocycles. The van der Waals surface area contributed by atoms with E-state index >= 15 is 0 Å². The molecule has 0 unspecified atom stereocenters. The monoisotopic (exact) mass is 566 g/mol. The van der Waals surface area contributed by atoms with Gasteiger partial charge in [0.15, 0.2) is 0 Å². The van der Waals surface area contributed by atoms with E-state index in [9.17, 15) is 19.5 Å². The second kappa shape index (κ2) is 10.4. The van der Waals surface area contributed by atoms with Crippen LogP contribution in [0.25, 0.3) is 33.0 Å². The molecule has 4 heterocycles. The molecule has 2 saturated heterocycles. The number of amides is 1. The van der Waals surface area contributed by atoms with Gasteiger partial charge in [0.2, 0.25) is 5.43 Å². The number of nitrogens with zero attached hydrogens (tertiary/aromatic N) is 4. The quantitative estimate of drug-likeness (QED) is 0.306. The lowest BCUT2D eigenvalue weighted by Crippen LogP contribution is -2.48. The van der Waals surface area contributed by atoms with Crippen LogP contribution in [0, 0.1) is 6.92 Å². The predicted molar refractivity (Wildman–Crippen MR) is 157 cm³/mol. The van der Waals surface area contributed by atoms with Crippen molar-refractivity contribution in [3.8, 4) is 0 Å². The van der Waals surface area contributed by atoms with Crippen molar-refractivity contribution in [2.75, 3.05) is 32.8 Å². The summed E-state index contributed by atoms with van der Waals surface area (Å²) in [4.78, 5) is 47.0. The zero-order chi connectivity index (χ0) is 29.0. The molecule has 2 aromatic heterocycles. The number of carbonyl (C=O) groups excluding carboxylic acids is 1. The standard InChI is InChI=1S/C32H30N4O6/c1-19-2-7-27-24(14-19)30(37)23-5-3-20(16-28(23)42-27)31(38)35-11-9-34(10-12-35)18-29-33-25-6-4-21(32(39)40)15-26(25)36(29)17-22-8-13-41-22/h2-7,14-16,22H,8-13,17-18H2,1H3,(H,39,40)/t22-/m0/s1. The number of hydrogen-bond acceptors (Lipinski definition) is 7. The Hall–Kier alpha value is -4.54. The molecule has 1 amide bonds. The normalized spacial score (nSPS) is 17.6. The number of fused-ring (bicyclic) bond motifs is 3. The number of piperazine rings is 1. The summed E-state index contributed by atoms with van der Waals surface area (Å²) in [7, 11) is 0. The van der Waals surface area contributed by atoms with Crippen molar-refractivity contribution in [2.24, 2.45) is 0 Å². The van der Waals surface area contributed by atoms with Crippen LogP contribution >= 0.6 is 0 Å². The summed E-state index contributed by atoms with van der Waals surface area (Å²) in [6.07, 6.45) is 1.06. The highest BCUT2D eigenvalue weighted by Gasteiger charge is 2.26. The minimum absolute atomic E-state index is 0.0950. The molecule has 0 spiro atoms. The van der Waals surface area contributed by atoms with E-state index in [-0.39, 0.29) is 23.0 Å². The van der Waals surface area contributed by atoms with Crippen LogP contribution in [-0.2, 0) is 17.8 Å². The number of carboxylic acid groups (broad SMARTS) is 1. The number of hydrogen-bond donors (Lipinski definition) is 1. The van der Waals surface area contributed by atoms with Gasteiger partial charge >= 0.3 is 5.97 Å². The number of carboxylic acids is 1. The van der Waals surface area contributed by atoms with Gasteiger partial charge < -0.3 is 23.7 Å². The lowest BCUT2D eigenvalue weighted by atomic mass is 10.1. The molecule has 3 aromatic carbocycles. The molecule has 7 rings (SSSR count). The predicted octanol–water partition coefficient (Wildman–Crippen LogP) is 4.05. The summed E-state index contributed by atoms with van der Waals surface area (Å²) in [5.74, 6) is -0.211. The molecule has 0 aliphatic carbocycles. The Balaban J connectivity index is 1.08. The average Bonchev–Trinajstić information content (AvgIpc) is 3.31. The lowest BCUT2D eigenvalue weighted by Gasteiger charge is -2.35. The van der Waals surface area contributed by atoms with Gasteiger partial charge in [0.05, 0.1) is 46.6 Å². The smallest absolute Gasteiger partial charge is 0.335 e. The number of aromatic nitrogens is 2. The maximum absolute atomic E-state index is 13.4. The first kappa shape index (κ1) is 26.4. The van der Waals surface area contributed by atoms with Crippen LogP contribution in [0.5, 0.6) is 0 Å². The second-order valence-corrected chi connectivity index (χ2v) is 11.1. The molecule has 5 aromatic rings. The van der Waals surface area contributed by atoms with Crippen LogP contribution < -0.4 is 5.43 Å². The molecule has 214 valence electrons. The highest BCUT2D eigenvalue weighted by molar-refractivity contribution is 5.99. The molecule has 10 heteroatoms. The summed E-state index contributed by atoms with van der Waals surface area (Å²) in [5, 5.41) is 10.5. The Labute approximate surface area is 240 Å². The number of aromatic carboxylic acids is 1. The Morgan fingerprint density at radius 2 is 1.74 bits per heavy atom. The van der Waals surface area contributed by atoms with E-state index in [0.29, 0.717) is 66.8 Å². The maximum Gasteiger partial charge on any atom is 0.335 e. The van der Waals surface area contributed by atoms with E-state index in [1.165, 1.54) is 0 Å². The van der Waals surface area contributed by atoms with Crippen molar-refractivity contribution in [3.63, 3.8) is 0 Å². The van der Waals surface area contributed by atoms with Crippen LogP contribution in [0.2, 0.25) is 0 Å². The highest BCUT2D eigenvalue weighted by Crippen LogP contribution is 2.25. The van der Waals surface area contributed by atoms with E-state index in [1.54, 1.807) is 42.5 Å². The third kappa shape index (κ3) is 4.72. The Kier molecular flexibility index (Phi) is 6.52. The summed E-state index contributed by atoms with van der Waals surface area (Å²) in [5.41, 5.74) is 4.06. The number of aryl methyl sites for hydroxylation is 1. The van der Waals surface area contributed by atoms with Crippen molar-refractivity contribution in [1.29, 1.82) is 0 Å². The third-order valence-electron chi connectivity index (χ3n) is 8.35. The van der Waals surface area contributed by atoms with Crippen LogP contribution in [0.3, 0.4) is 0 Å². The van der Waals surface area contributed by atoms with Gasteiger partial charge in [0.1, 0.15) is 17.0 Å². The number of ether oxygens (including phenoxy) is 1. The summed E-state index contributed by atoms with van der Waals surface area (Å²) >= 11 is 0. The SMILES string of the molecule is Cc1ccc2oc3cc(C(=O)N4CCN(Cc5nc6ccc(C(=O)O)cc6n5C[C@@H]5CCO5)CC4)ccc3c(=O)c2c1. The summed E-state index contributed by atoms with van der Waals surface area (Å²) in [6, 6.07) is 15.6. The van der Waals surface area contributed by atoms with E-state index in [2.05, 4.69) is 9.47 Å². The van der Waals surface area contributed by atoms with Gasteiger partial charge in [-0.25, -0.2) is 9.78 Å². The average molecular weight is 567 g/mol. The van der Waals surface area contributed by atoms with Crippen molar-refractivity contribution >= 4 is 44.8 Å². The van der Waals surface area contributed by atoms with E-state index in [1.807, 2.05) is 24.0 Å². The molecule has 1 N–H and O–H groups in total. The van der Waals surface area contributed by atoms with Gasteiger partial charge in [-0.2, -0.15) is 0 Å². The fourth-order valence-corrected chi connectivity index (χ4v) is 5.86. The van der Waals surface area contributed by atoms with Crippen molar-refractivity contribution in [2.45, 2.75) is 32.5 Å². The molecule has 0 radical (unpaired) electrons. The van der Waals surface area contributed by atoms with Gasteiger partial charge in [0.25, 0.3) is 5.91 Å². The van der Waals surface area contributed by atoms with Crippen LogP contribution in [0.15, 0.2) is 63.8 Å². The fourth-order valence-electron chi connectivity index (χ4n) is 5.86. The minimum atomic E-state index is -0.969. The zero-order valence-corrected chi connectivity index (χ0v) is 23.2. The largest absolute Gasteiger partial charge is 0.478 e. The van der Waals surface area contributed by atoms with Gasteiger partial charge in [-0.3, -0.25) is 14.5 Å². The number of rotatable bonds is 6. The van der Waals surface area contributed by atoms with E-state index in [4.69, 9.17) is 14.1 Å². The van der Waals surface area contributed by atoms with E-state index in [0.717, 1.165) is 35.4 Å². The molecule has 2 aliphatic rings. The molecular formula is C32H30N4O6. The van der Waals surface area contributed by atoms with Gasteiger partial charge in [-0.15, -0.1) is 0 Å². The zero-order valence-electron chi connectivity index (χ0n) is 23.2. The van der Waals surface area contributed by atoms with Gasteiger partial charge in [0, 0.05) is 38.3 Å². The molecule has 1 atom stereocenters. The van der Waals surface area contributed by atoms with Crippen molar-refractivity contribution in [1.82, 2.24) is 19.4 Å². The van der Waals surface area contributed by atoms with Gasteiger partial charge in [-0.05, 0) is 61.9 Å². The van der Waals surface area contributed by atoms with Crippen molar-refractivity contribution < 1.29 is 23.8 Å². The first-order chi connectivity index (χ1) is 20.3. The van der Waals surface area contributed by atoms with Gasteiger partial charge in [-0.1, -0.05) is 11.6 Å². The van der Waals surface area contributed by atoms with E-state index < -0.39 is 5.97 Å². The van der Waals surface area contributed by atoms with Crippen LogP contribution in [-0.4, -0.2) is 75.2 Å². The number of imidazole rings is 1. The Morgan fingerprint density at radius 3 is 2.48 bits per heavy atom. The van der Waals surface area contributed by atoms with Crippen molar-refractivity contribution in [3.05, 3.63) is 87.3 Å². The lowest BCUT2D eigenvalue weighted by molar-refractivity contribution is -0.0592. The third-order valence-corrected chi connectivity index (χ3v) is 8.35. The maximum atomic E-state index is 13.4. The minimum Gasteiger partial charge on any atom is -0.478 e. The molecule has 0 saturated carbocycles. The molecule has 0 bridgehead atoms. The molecule has 2 fully saturated rings. The van der Waals surface area contributed by atoms with Crippen LogP contribution in [0.4, 0.5) is 0 Å². The summed E-state index contributed by atoms with van der Waals surface area (Å²) < 4.78 is 13.8. The highest BCUT2D eigenvalue weighted by atomic mass is 16.5. The number of benzene rings is 3. The first-order valence-corrected chi connectivity index (χ1v) is 14.2. The molecular weight excluding hydrogens is 536 g/mol. The fraction of sp³-hybridized carbons (Fsp3) is 0.312. The summed E-state index contributed by atoms with van der Waals surface area (Å²) in [6.45, 7) is 6.31.